The minimum atomic E-state index is -0.189. The molecule has 0 spiro atoms. The fraction of sp³-hybridized carbons (Fsp3) is 0.667. The highest BCUT2D eigenvalue weighted by molar-refractivity contribution is 5.90. The first-order valence-corrected chi connectivity index (χ1v) is 5.59. The van der Waals surface area contributed by atoms with Crippen LogP contribution in [0.2, 0.25) is 0 Å². The van der Waals surface area contributed by atoms with Crippen molar-refractivity contribution >= 4 is 5.78 Å². The summed E-state index contributed by atoms with van der Waals surface area (Å²) in [6.07, 6.45) is 3.79. The Bertz CT molecular complexity index is 375. The second kappa shape index (κ2) is 3.47. The van der Waals surface area contributed by atoms with Crippen molar-refractivity contribution in [1.29, 1.82) is 0 Å². The summed E-state index contributed by atoms with van der Waals surface area (Å²) < 4.78 is 2.00. The van der Waals surface area contributed by atoms with Gasteiger partial charge in [0.05, 0.1) is 11.1 Å². The normalized spacial score (nSPS) is 18.1. The van der Waals surface area contributed by atoms with E-state index >= 15 is 0 Å². The van der Waals surface area contributed by atoms with E-state index in [1.807, 2.05) is 10.7 Å². The SMILES string of the molecule is CC(=O)C1(c2ccnn2CC(C)C)CC1. The van der Waals surface area contributed by atoms with Gasteiger partial charge in [0.1, 0.15) is 5.78 Å². The van der Waals surface area contributed by atoms with Crippen molar-refractivity contribution in [2.45, 2.75) is 45.6 Å². The molecule has 1 saturated carbocycles. The van der Waals surface area contributed by atoms with Gasteiger partial charge in [0.2, 0.25) is 0 Å². The van der Waals surface area contributed by atoms with Gasteiger partial charge in [-0.15, -0.1) is 0 Å². The number of hydrogen-bond acceptors (Lipinski definition) is 2. The molecule has 1 heterocycles. The monoisotopic (exact) mass is 206 g/mol. The molecule has 0 amide bonds. The molecule has 2 rings (SSSR count). The van der Waals surface area contributed by atoms with Crippen LogP contribution in [0.15, 0.2) is 12.3 Å². The van der Waals surface area contributed by atoms with Gasteiger partial charge in [-0.05, 0) is 31.7 Å². The van der Waals surface area contributed by atoms with Gasteiger partial charge in [-0.3, -0.25) is 9.48 Å². The molecule has 1 aliphatic rings. The number of Topliss-reactive ketones (excluding diaryl/α,β-unsaturated/α-hetero) is 1. The molecule has 0 aliphatic heterocycles. The maximum Gasteiger partial charge on any atom is 0.141 e. The minimum absolute atomic E-state index is 0.189. The third-order valence-electron chi connectivity index (χ3n) is 3.17. The first-order valence-electron chi connectivity index (χ1n) is 5.59. The van der Waals surface area contributed by atoms with Crippen LogP contribution in [0.25, 0.3) is 0 Å². The molecule has 0 radical (unpaired) electrons. The number of nitrogens with zero attached hydrogens (tertiary/aromatic N) is 2. The summed E-state index contributed by atoms with van der Waals surface area (Å²) in [5, 5.41) is 4.31. The van der Waals surface area contributed by atoms with Crippen LogP contribution in [0.3, 0.4) is 0 Å². The van der Waals surface area contributed by atoms with Crippen LogP contribution < -0.4 is 0 Å². The molecule has 1 fully saturated rings. The van der Waals surface area contributed by atoms with Gasteiger partial charge in [-0.25, -0.2) is 0 Å². The fourth-order valence-electron chi connectivity index (χ4n) is 2.14. The van der Waals surface area contributed by atoms with Crippen molar-refractivity contribution in [2.75, 3.05) is 0 Å². The smallest absolute Gasteiger partial charge is 0.141 e. The average Bonchev–Trinajstić information content (AvgIpc) is 2.83. The van der Waals surface area contributed by atoms with E-state index in [1.54, 1.807) is 13.1 Å². The third kappa shape index (κ3) is 1.71. The Kier molecular flexibility index (Phi) is 2.41. The topological polar surface area (TPSA) is 34.9 Å². The van der Waals surface area contributed by atoms with Gasteiger partial charge >= 0.3 is 0 Å². The minimum Gasteiger partial charge on any atom is -0.299 e. The van der Waals surface area contributed by atoms with Gasteiger partial charge in [0.15, 0.2) is 0 Å². The Morgan fingerprint density at radius 2 is 2.27 bits per heavy atom. The summed E-state index contributed by atoms with van der Waals surface area (Å²) in [6, 6.07) is 2.00. The van der Waals surface area contributed by atoms with E-state index in [0.29, 0.717) is 5.92 Å². The van der Waals surface area contributed by atoms with Crippen molar-refractivity contribution in [3.05, 3.63) is 18.0 Å². The fourth-order valence-corrected chi connectivity index (χ4v) is 2.14. The molecule has 3 nitrogen and oxygen atoms in total. The van der Waals surface area contributed by atoms with Crippen molar-refractivity contribution in [1.82, 2.24) is 9.78 Å². The lowest BCUT2D eigenvalue weighted by Gasteiger charge is -2.15. The van der Waals surface area contributed by atoms with Crippen LogP contribution in [0.1, 0.15) is 39.3 Å². The van der Waals surface area contributed by atoms with Gasteiger partial charge in [0.25, 0.3) is 0 Å². The highest BCUT2D eigenvalue weighted by Crippen LogP contribution is 2.48. The second-order valence-corrected chi connectivity index (χ2v) is 4.93. The summed E-state index contributed by atoms with van der Waals surface area (Å²) in [6.45, 7) is 6.93. The zero-order chi connectivity index (χ0) is 11.1. The largest absolute Gasteiger partial charge is 0.299 e. The van der Waals surface area contributed by atoms with Crippen molar-refractivity contribution < 1.29 is 4.79 Å². The zero-order valence-corrected chi connectivity index (χ0v) is 9.66. The van der Waals surface area contributed by atoms with E-state index in [1.165, 1.54) is 0 Å². The summed E-state index contributed by atoms with van der Waals surface area (Å²) in [5.74, 6) is 0.847. The molecule has 15 heavy (non-hydrogen) atoms. The number of aromatic nitrogens is 2. The summed E-state index contributed by atoms with van der Waals surface area (Å²) in [5.41, 5.74) is 0.925. The highest BCUT2D eigenvalue weighted by Gasteiger charge is 2.50. The average molecular weight is 206 g/mol. The lowest BCUT2D eigenvalue weighted by Crippen LogP contribution is -2.23. The summed E-state index contributed by atoms with van der Waals surface area (Å²) in [7, 11) is 0. The van der Waals surface area contributed by atoms with Crippen LogP contribution in [0, 0.1) is 5.92 Å². The molecule has 0 unspecified atom stereocenters. The maximum atomic E-state index is 11.6. The van der Waals surface area contributed by atoms with Gasteiger partial charge in [-0.1, -0.05) is 13.8 Å². The molecular formula is C12H18N2O. The number of ketones is 1. The first-order chi connectivity index (χ1) is 7.06. The molecule has 3 heteroatoms. The Balaban J connectivity index is 2.29. The van der Waals surface area contributed by atoms with Crippen LogP contribution >= 0.6 is 0 Å². The quantitative estimate of drug-likeness (QED) is 0.756. The summed E-state index contributed by atoms with van der Waals surface area (Å²) >= 11 is 0. The molecule has 0 aromatic carbocycles. The lowest BCUT2D eigenvalue weighted by molar-refractivity contribution is -0.119. The molecular weight excluding hydrogens is 188 g/mol. The highest BCUT2D eigenvalue weighted by atomic mass is 16.1. The molecule has 0 bridgehead atoms. The van der Waals surface area contributed by atoms with Crippen LogP contribution in [0.4, 0.5) is 0 Å². The van der Waals surface area contributed by atoms with Crippen molar-refractivity contribution in [3.63, 3.8) is 0 Å². The Hall–Kier alpha value is -1.12. The number of carbonyl (C=O) groups is 1. The number of hydrogen-bond donors (Lipinski definition) is 0. The van der Waals surface area contributed by atoms with Crippen LogP contribution in [0.5, 0.6) is 0 Å². The molecule has 0 atom stereocenters. The summed E-state index contributed by atoms with van der Waals surface area (Å²) in [4.78, 5) is 11.6. The third-order valence-corrected chi connectivity index (χ3v) is 3.17. The molecule has 1 aromatic heterocycles. The standard InChI is InChI=1S/C12H18N2O/c1-9(2)8-14-11(4-7-13-14)12(5-6-12)10(3)15/h4,7,9H,5-6,8H2,1-3H3. The Morgan fingerprint density at radius 3 is 2.73 bits per heavy atom. The molecule has 1 aromatic rings. The van der Waals surface area contributed by atoms with Crippen molar-refractivity contribution in [2.24, 2.45) is 5.92 Å². The zero-order valence-electron chi connectivity index (χ0n) is 9.66. The van der Waals surface area contributed by atoms with E-state index in [4.69, 9.17) is 0 Å². The molecule has 1 aliphatic carbocycles. The van der Waals surface area contributed by atoms with E-state index in [9.17, 15) is 4.79 Å². The Labute approximate surface area is 90.5 Å². The van der Waals surface area contributed by atoms with Crippen LogP contribution in [-0.2, 0) is 16.8 Å². The van der Waals surface area contributed by atoms with E-state index in [0.717, 1.165) is 25.1 Å². The van der Waals surface area contributed by atoms with Gasteiger partial charge < -0.3 is 0 Å². The number of carbonyl (C=O) groups excluding carboxylic acids is 1. The molecule has 82 valence electrons. The van der Waals surface area contributed by atoms with E-state index in [2.05, 4.69) is 18.9 Å². The predicted molar refractivity (Wildman–Crippen MR) is 58.7 cm³/mol. The maximum absolute atomic E-state index is 11.6. The lowest BCUT2D eigenvalue weighted by atomic mass is 9.97. The van der Waals surface area contributed by atoms with E-state index < -0.39 is 0 Å². The first kappa shape index (κ1) is 10.4. The molecule has 0 N–H and O–H groups in total. The van der Waals surface area contributed by atoms with E-state index in [-0.39, 0.29) is 11.2 Å². The van der Waals surface area contributed by atoms with Crippen molar-refractivity contribution in [3.8, 4) is 0 Å². The Morgan fingerprint density at radius 1 is 1.60 bits per heavy atom. The van der Waals surface area contributed by atoms with Gasteiger partial charge in [-0.2, -0.15) is 5.10 Å². The van der Waals surface area contributed by atoms with Gasteiger partial charge in [0, 0.05) is 12.7 Å². The number of rotatable bonds is 4. The predicted octanol–water partition coefficient (Wildman–Crippen LogP) is 2.16. The van der Waals surface area contributed by atoms with Crippen LogP contribution in [-0.4, -0.2) is 15.6 Å². The second-order valence-electron chi connectivity index (χ2n) is 4.93. The molecule has 0 saturated heterocycles.